The fraction of sp³-hybridized carbons (Fsp3) is 0.188. The maximum atomic E-state index is 13.4. The van der Waals surface area contributed by atoms with Crippen LogP contribution < -0.4 is 5.32 Å². The van der Waals surface area contributed by atoms with E-state index in [-0.39, 0.29) is 16.6 Å². The van der Waals surface area contributed by atoms with Crippen LogP contribution in [0.25, 0.3) is 0 Å². The molecule has 0 radical (unpaired) electrons. The van der Waals surface area contributed by atoms with Gasteiger partial charge in [0.15, 0.2) is 0 Å². The third-order valence-electron chi connectivity index (χ3n) is 3.08. The number of benzene rings is 2. The molecule has 0 aliphatic carbocycles. The average Bonchev–Trinajstić information content (AvgIpc) is 2.53. The third-order valence-corrected chi connectivity index (χ3v) is 4.05. The van der Waals surface area contributed by atoms with Crippen LogP contribution in [0.2, 0.25) is 0 Å². The number of nitrogens with one attached hydrogen (secondary N) is 1. The Balaban J connectivity index is 2.16. The molecule has 0 aromatic heterocycles. The monoisotopic (exact) mass is 397 g/mol. The van der Waals surface area contributed by atoms with Crippen LogP contribution in [0.1, 0.15) is 11.1 Å². The number of hydrogen-bond acceptors (Lipinski definition) is 2. The van der Waals surface area contributed by atoms with Crippen LogP contribution >= 0.6 is 11.8 Å². The largest absolute Gasteiger partial charge is 0.416 e. The number of anilines is 1. The van der Waals surface area contributed by atoms with Gasteiger partial charge in [0.1, 0.15) is 5.82 Å². The highest BCUT2D eigenvalue weighted by molar-refractivity contribution is 8.00. The first-order valence-corrected chi connectivity index (χ1v) is 7.92. The summed E-state index contributed by atoms with van der Waals surface area (Å²) in [5, 5.41) is 2.19. The zero-order chi connectivity index (χ0) is 19.5. The molecular formula is C16H10F7NOS. The molecule has 0 unspecified atom stereocenters. The highest BCUT2D eigenvalue weighted by Gasteiger charge is 2.36. The molecule has 2 aromatic carbocycles. The van der Waals surface area contributed by atoms with Gasteiger partial charge in [-0.05, 0) is 30.3 Å². The van der Waals surface area contributed by atoms with E-state index in [2.05, 4.69) is 5.32 Å². The topological polar surface area (TPSA) is 29.1 Å². The molecule has 0 aliphatic rings. The number of alkyl halides is 6. The van der Waals surface area contributed by atoms with Crippen molar-refractivity contribution in [3.05, 3.63) is 59.4 Å². The summed E-state index contributed by atoms with van der Waals surface area (Å²) in [4.78, 5) is 11.4. The van der Waals surface area contributed by atoms with E-state index in [0.29, 0.717) is 23.9 Å². The highest BCUT2D eigenvalue weighted by Crippen LogP contribution is 2.38. The third kappa shape index (κ3) is 5.38. The minimum absolute atomic E-state index is 0.00345. The van der Waals surface area contributed by atoms with E-state index in [1.165, 1.54) is 18.2 Å². The van der Waals surface area contributed by atoms with Crippen molar-refractivity contribution in [1.29, 1.82) is 0 Å². The summed E-state index contributed by atoms with van der Waals surface area (Å²) in [6.07, 6.45) is -9.93. The Bertz CT molecular complexity index is 770. The fourth-order valence-corrected chi connectivity index (χ4v) is 2.70. The maximum absolute atomic E-state index is 13.4. The zero-order valence-electron chi connectivity index (χ0n) is 12.7. The number of carbonyl (C=O) groups is 1. The lowest BCUT2D eigenvalue weighted by Crippen LogP contribution is -2.15. The summed E-state index contributed by atoms with van der Waals surface area (Å²) in [5.74, 6) is -1.98. The van der Waals surface area contributed by atoms with Crippen LogP contribution in [0.15, 0.2) is 47.4 Å². The Morgan fingerprint density at radius 3 is 1.96 bits per heavy atom. The van der Waals surface area contributed by atoms with Gasteiger partial charge in [-0.15, -0.1) is 11.8 Å². The molecule has 0 fully saturated rings. The summed E-state index contributed by atoms with van der Waals surface area (Å²) >= 11 is 0.480. The van der Waals surface area contributed by atoms with Crippen molar-refractivity contribution in [3.8, 4) is 0 Å². The molecule has 0 bridgehead atoms. The second kappa shape index (κ2) is 7.56. The van der Waals surface area contributed by atoms with E-state index in [1.54, 1.807) is 0 Å². The Morgan fingerprint density at radius 1 is 0.923 bits per heavy atom. The van der Waals surface area contributed by atoms with E-state index >= 15 is 0 Å². The molecule has 1 amide bonds. The van der Waals surface area contributed by atoms with Crippen molar-refractivity contribution in [2.24, 2.45) is 0 Å². The van der Waals surface area contributed by atoms with Gasteiger partial charge < -0.3 is 5.32 Å². The molecule has 10 heteroatoms. The molecular weight excluding hydrogens is 387 g/mol. The van der Waals surface area contributed by atoms with Crippen molar-refractivity contribution < 1.29 is 35.5 Å². The van der Waals surface area contributed by atoms with E-state index in [9.17, 15) is 35.5 Å². The second-order valence-electron chi connectivity index (χ2n) is 5.06. The molecule has 0 spiro atoms. The van der Waals surface area contributed by atoms with Crippen LogP contribution in [-0.4, -0.2) is 11.7 Å². The minimum atomic E-state index is -4.97. The van der Waals surface area contributed by atoms with Gasteiger partial charge in [-0.25, -0.2) is 4.39 Å². The molecule has 1 N–H and O–H groups in total. The first-order valence-electron chi connectivity index (χ1n) is 6.93. The van der Waals surface area contributed by atoms with Gasteiger partial charge in [0, 0.05) is 4.90 Å². The smallest absolute Gasteiger partial charge is 0.323 e. The molecule has 0 saturated carbocycles. The molecule has 2 nitrogen and oxygen atoms in total. The van der Waals surface area contributed by atoms with E-state index in [1.807, 2.05) is 0 Å². The van der Waals surface area contributed by atoms with Gasteiger partial charge in [0.25, 0.3) is 0 Å². The molecule has 26 heavy (non-hydrogen) atoms. The van der Waals surface area contributed by atoms with Gasteiger partial charge in [-0.3, -0.25) is 4.79 Å². The van der Waals surface area contributed by atoms with Crippen LogP contribution in [0.5, 0.6) is 0 Å². The summed E-state index contributed by atoms with van der Waals surface area (Å²) in [6, 6.07) is 6.25. The molecule has 0 saturated heterocycles. The summed E-state index contributed by atoms with van der Waals surface area (Å²) < 4.78 is 90.0. The lowest BCUT2D eigenvalue weighted by molar-refractivity contribution is -0.143. The maximum Gasteiger partial charge on any atom is 0.416 e. The molecule has 2 rings (SSSR count). The summed E-state index contributed by atoms with van der Waals surface area (Å²) in [5.41, 5.74) is -3.08. The van der Waals surface area contributed by atoms with Crippen molar-refractivity contribution in [2.45, 2.75) is 17.2 Å². The minimum Gasteiger partial charge on any atom is -0.323 e. The number of halogens is 7. The Hall–Kier alpha value is -2.23. The fourth-order valence-electron chi connectivity index (χ4n) is 1.91. The number of hydrogen-bond donors (Lipinski definition) is 1. The predicted octanol–water partition coefficient (Wildman–Crippen LogP) is 5.59. The van der Waals surface area contributed by atoms with Gasteiger partial charge in [-0.1, -0.05) is 12.1 Å². The summed E-state index contributed by atoms with van der Waals surface area (Å²) in [7, 11) is 0. The average molecular weight is 397 g/mol. The Kier molecular flexibility index (Phi) is 5.84. The van der Waals surface area contributed by atoms with Crippen LogP contribution in [0, 0.1) is 5.82 Å². The van der Waals surface area contributed by atoms with Crippen molar-refractivity contribution >= 4 is 23.4 Å². The number of amides is 1. The lowest BCUT2D eigenvalue weighted by Gasteiger charge is -2.14. The summed E-state index contributed by atoms with van der Waals surface area (Å²) in [6.45, 7) is 0. The van der Waals surface area contributed by atoms with E-state index < -0.39 is 41.0 Å². The zero-order valence-corrected chi connectivity index (χ0v) is 13.5. The number of carbonyl (C=O) groups excluding carboxylic acids is 1. The van der Waals surface area contributed by atoms with E-state index in [4.69, 9.17) is 0 Å². The number of rotatable bonds is 4. The van der Waals surface area contributed by atoms with Gasteiger partial charge in [0.2, 0.25) is 5.91 Å². The van der Waals surface area contributed by atoms with Crippen LogP contribution in [0.3, 0.4) is 0 Å². The molecule has 2 aromatic rings. The van der Waals surface area contributed by atoms with Crippen molar-refractivity contribution in [3.63, 3.8) is 0 Å². The standard InChI is InChI=1S/C16H10F7NOS/c17-12-3-1-2-4-13(12)24-14(25)8-26-11-6-9(15(18,19)20)5-10(7-11)16(21,22)23/h1-7H,8H2,(H,24,25). The lowest BCUT2D eigenvalue weighted by atomic mass is 10.1. The first-order chi connectivity index (χ1) is 12.0. The van der Waals surface area contributed by atoms with Crippen LogP contribution in [-0.2, 0) is 17.1 Å². The Morgan fingerprint density at radius 2 is 1.46 bits per heavy atom. The van der Waals surface area contributed by atoms with Crippen molar-refractivity contribution in [2.75, 3.05) is 11.1 Å². The molecule has 0 aliphatic heterocycles. The van der Waals surface area contributed by atoms with Gasteiger partial charge in [-0.2, -0.15) is 26.3 Å². The molecule has 0 heterocycles. The molecule has 140 valence electrons. The molecule has 0 atom stereocenters. The van der Waals surface area contributed by atoms with Gasteiger partial charge >= 0.3 is 12.4 Å². The second-order valence-corrected chi connectivity index (χ2v) is 6.11. The number of thioether (sulfide) groups is 1. The normalized spacial score (nSPS) is 12.1. The van der Waals surface area contributed by atoms with Crippen LogP contribution in [0.4, 0.5) is 36.4 Å². The van der Waals surface area contributed by atoms with Gasteiger partial charge in [0.05, 0.1) is 22.6 Å². The van der Waals surface area contributed by atoms with E-state index in [0.717, 1.165) is 6.07 Å². The Labute approximate surface area is 147 Å². The van der Waals surface area contributed by atoms with Crippen molar-refractivity contribution in [1.82, 2.24) is 0 Å². The SMILES string of the molecule is O=C(CSc1cc(C(F)(F)F)cc(C(F)(F)F)c1)Nc1ccccc1F. The quantitative estimate of drug-likeness (QED) is 0.538. The number of para-hydroxylation sites is 1. The predicted molar refractivity (Wildman–Crippen MR) is 82.2 cm³/mol. The highest BCUT2D eigenvalue weighted by atomic mass is 32.2. The first kappa shape index (κ1) is 20.1.